The van der Waals surface area contributed by atoms with E-state index in [0.717, 1.165) is 43.5 Å². The van der Waals surface area contributed by atoms with Crippen LogP contribution in [-0.4, -0.2) is 11.2 Å². The SMILES string of the molecule is CC(O)[CH2][Ac]. The van der Waals surface area contributed by atoms with Crippen molar-refractivity contribution in [2.45, 2.75) is 14.6 Å². The molecular weight excluding hydrogens is 279 g/mol. The molecule has 0 spiro atoms. The molecule has 0 saturated heterocycles. The minimum absolute atomic E-state index is 0.0318. The standard InChI is InChI=1S/C3H7O.Ac/c1-3(2)4;/h3-4H,1H2,2H3;. The Balaban J connectivity index is 2.54. The molecule has 0 saturated carbocycles. The Kier molecular flexibility index (Phi) is 4.59. The molecule has 0 bridgehead atoms. The van der Waals surface area contributed by atoms with Gasteiger partial charge in [0.05, 0.1) is 0 Å². The Morgan fingerprint density at radius 3 is 2.20 bits per heavy atom. The molecule has 0 aromatic heterocycles. The molecule has 0 radical (unpaired) electrons. The van der Waals surface area contributed by atoms with E-state index in [2.05, 4.69) is 0 Å². The van der Waals surface area contributed by atoms with Gasteiger partial charge in [-0.15, -0.1) is 0 Å². The molecule has 1 nitrogen and oxygen atoms in total. The molecule has 0 fully saturated rings. The van der Waals surface area contributed by atoms with Gasteiger partial charge in [-0.1, -0.05) is 0 Å². The van der Waals surface area contributed by atoms with Crippen molar-refractivity contribution in [1.29, 1.82) is 0 Å². The van der Waals surface area contributed by atoms with Crippen LogP contribution in [0.1, 0.15) is 6.92 Å². The predicted octanol–water partition coefficient (Wildman–Crippen LogP) is 0.335. The summed E-state index contributed by atoms with van der Waals surface area (Å²) in [5, 5.41) is 8.41. The first-order valence-corrected chi connectivity index (χ1v) is 5.01. The van der Waals surface area contributed by atoms with E-state index in [4.69, 9.17) is 5.11 Å². The van der Waals surface area contributed by atoms with Crippen molar-refractivity contribution in [3.05, 3.63) is 0 Å². The van der Waals surface area contributed by atoms with Gasteiger partial charge in [0.1, 0.15) is 0 Å². The summed E-state index contributed by atoms with van der Waals surface area (Å²) in [6.07, 6.45) is -0.0318. The van der Waals surface area contributed by atoms with E-state index < -0.39 is 0 Å². The average molecular weight is 286 g/mol. The summed E-state index contributed by atoms with van der Waals surface area (Å²) in [5.74, 6) is 0. The van der Waals surface area contributed by atoms with Crippen LogP contribution in [0.25, 0.3) is 0 Å². The van der Waals surface area contributed by atoms with Crippen LogP contribution < -0.4 is 0 Å². The van der Waals surface area contributed by atoms with Gasteiger partial charge in [0.2, 0.25) is 0 Å². The van der Waals surface area contributed by atoms with E-state index in [1.807, 2.05) is 6.92 Å². The van der Waals surface area contributed by atoms with Crippen molar-refractivity contribution in [1.82, 2.24) is 0 Å². The first-order valence-electron chi connectivity index (χ1n) is 1.65. The third-order valence-corrected chi connectivity index (χ3v) is 3.14. The van der Waals surface area contributed by atoms with Gasteiger partial charge in [0.25, 0.3) is 0 Å². The Morgan fingerprint density at radius 2 is 2.20 bits per heavy atom. The van der Waals surface area contributed by atoms with Gasteiger partial charge in [0.15, 0.2) is 0 Å². The molecule has 28 valence electrons. The van der Waals surface area contributed by atoms with E-state index in [1.54, 1.807) is 0 Å². The summed E-state index contributed by atoms with van der Waals surface area (Å²) in [5.41, 5.74) is 0. The van der Waals surface area contributed by atoms with E-state index >= 15 is 0 Å². The first kappa shape index (κ1) is 6.40. The average Bonchev–Trinajstić information content (AvgIpc) is 1.38. The second-order valence-corrected chi connectivity index (χ2v) is 3.02. The van der Waals surface area contributed by atoms with Crippen molar-refractivity contribution >= 4 is 0 Å². The molecule has 0 aliphatic carbocycles. The fourth-order valence-corrected chi connectivity index (χ4v) is 0. The predicted molar refractivity (Wildman–Crippen MR) is 16.5 cm³/mol. The quantitative estimate of drug-likeness (QED) is 0.737. The summed E-state index contributed by atoms with van der Waals surface area (Å²) in [4.78, 5) is 0. The van der Waals surface area contributed by atoms with Crippen LogP contribution >= 0.6 is 0 Å². The minimum atomic E-state index is -0.0318. The van der Waals surface area contributed by atoms with Crippen LogP contribution in [0.15, 0.2) is 0 Å². The topological polar surface area (TPSA) is 20.2 Å². The fraction of sp³-hybridized carbons (Fsp3) is 1.00. The van der Waals surface area contributed by atoms with Crippen molar-refractivity contribution < 1.29 is 47.0 Å². The van der Waals surface area contributed by atoms with Gasteiger partial charge >= 0.3 is 61.6 Å². The molecule has 5 heavy (non-hydrogen) atoms. The molecule has 0 aromatic rings. The van der Waals surface area contributed by atoms with Gasteiger partial charge < -0.3 is 0 Å². The van der Waals surface area contributed by atoms with Gasteiger partial charge in [-0.3, -0.25) is 0 Å². The van der Waals surface area contributed by atoms with Gasteiger partial charge in [-0.25, -0.2) is 0 Å². The van der Waals surface area contributed by atoms with Crippen LogP contribution in [0.5, 0.6) is 0 Å². The van der Waals surface area contributed by atoms with Gasteiger partial charge in [-0.05, 0) is 0 Å². The summed E-state index contributed by atoms with van der Waals surface area (Å²) < 4.78 is 1.05. The van der Waals surface area contributed by atoms with Crippen molar-refractivity contribution in [2.75, 3.05) is 0 Å². The van der Waals surface area contributed by atoms with Crippen LogP contribution in [0.3, 0.4) is 0 Å². The summed E-state index contributed by atoms with van der Waals surface area (Å²) >= 11 is 0.827. The third kappa shape index (κ3) is 5.40. The Labute approximate surface area is 60.8 Å². The van der Waals surface area contributed by atoms with Crippen molar-refractivity contribution in [3.8, 4) is 0 Å². The maximum absolute atomic E-state index is 8.41. The van der Waals surface area contributed by atoms with Gasteiger partial charge in [0, 0.05) is 0 Å². The Hall–Kier alpha value is 1.40. The zero-order valence-corrected chi connectivity index (χ0v) is 8.05. The molecule has 0 rings (SSSR count). The number of aliphatic hydroxyl groups excluding tert-OH is 1. The third-order valence-electron chi connectivity index (χ3n) is 0.341. The fourth-order valence-electron chi connectivity index (χ4n) is 0. The van der Waals surface area contributed by atoms with E-state index in [-0.39, 0.29) is 6.10 Å². The number of aliphatic hydroxyl groups is 1. The molecule has 1 atom stereocenters. The zero-order chi connectivity index (χ0) is 4.28. The van der Waals surface area contributed by atoms with E-state index in [1.165, 1.54) is 0 Å². The zero-order valence-electron chi connectivity index (χ0n) is 3.31. The molecule has 1 N–H and O–H groups in total. The van der Waals surface area contributed by atoms with Crippen molar-refractivity contribution in [3.63, 3.8) is 0 Å². The number of hydrogen-bond donors (Lipinski definition) is 1. The normalized spacial score (nSPS) is 15.2. The molecule has 0 aromatic carbocycles. The summed E-state index contributed by atoms with van der Waals surface area (Å²) in [6.45, 7) is 1.82. The molecule has 2 heteroatoms. The number of rotatable bonds is 1. The monoisotopic (exact) mass is 286 g/mol. The summed E-state index contributed by atoms with van der Waals surface area (Å²) in [6, 6.07) is 0. The molecular formula is C3H7AcO. The van der Waals surface area contributed by atoms with Crippen LogP contribution in [-0.2, 0) is 0 Å². The Morgan fingerprint density at radius 1 is 2.00 bits per heavy atom. The van der Waals surface area contributed by atoms with E-state index in [9.17, 15) is 0 Å². The van der Waals surface area contributed by atoms with Crippen molar-refractivity contribution in [2.24, 2.45) is 0 Å². The molecule has 0 aliphatic heterocycles. The Bertz CT molecular complexity index is 20.9. The van der Waals surface area contributed by atoms with Crippen LogP contribution in [0.4, 0.5) is 0 Å². The summed E-state index contributed by atoms with van der Waals surface area (Å²) in [7, 11) is 0. The molecule has 0 aliphatic rings. The van der Waals surface area contributed by atoms with E-state index in [0.29, 0.717) is 0 Å². The van der Waals surface area contributed by atoms with Crippen LogP contribution in [0.2, 0.25) is 1.60 Å². The maximum atomic E-state index is 8.41. The number of hydrogen-bond acceptors (Lipinski definition) is 1. The second kappa shape index (κ2) is 3.59. The molecule has 0 heterocycles. The van der Waals surface area contributed by atoms with Gasteiger partial charge in [-0.2, -0.15) is 0 Å². The molecule has 1 unspecified atom stereocenters. The second-order valence-electron chi connectivity index (χ2n) is 1.08. The molecule has 0 amide bonds. The van der Waals surface area contributed by atoms with Crippen LogP contribution in [0, 0.1) is 41.9 Å². The first-order chi connectivity index (χ1) is 2.27.